The minimum atomic E-state index is 0.824. The number of para-hydroxylation sites is 4. The number of benzene rings is 9. The van der Waals surface area contributed by atoms with E-state index in [0.29, 0.717) is 0 Å². The van der Waals surface area contributed by atoms with E-state index < -0.39 is 0 Å². The number of rotatable bonds is 3. The van der Waals surface area contributed by atoms with Gasteiger partial charge in [-0.2, -0.15) is 0 Å². The van der Waals surface area contributed by atoms with Gasteiger partial charge in [0.1, 0.15) is 5.65 Å². The van der Waals surface area contributed by atoms with Crippen molar-refractivity contribution < 1.29 is 0 Å². The fraction of sp³-hybridized carbons (Fsp3) is 0. The largest absolute Gasteiger partial charge is 0.278 e. The Morgan fingerprint density at radius 1 is 0.352 bits per heavy atom. The molecule has 54 heavy (non-hydrogen) atoms. The molecule has 0 bridgehead atoms. The Bertz CT molecular complexity index is 3440. The molecule has 0 amide bonds. The maximum Gasteiger partial charge on any atom is 0.221 e. The summed E-state index contributed by atoms with van der Waals surface area (Å²) in [6, 6.07) is 65.5. The van der Waals surface area contributed by atoms with Gasteiger partial charge in [0.05, 0.1) is 27.6 Å². The van der Waals surface area contributed by atoms with Gasteiger partial charge in [0.15, 0.2) is 0 Å². The normalized spacial score (nSPS) is 12.1. The monoisotopic (exact) mass is 686 g/mol. The molecule has 0 atom stereocenters. The molecule has 0 saturated carbocycles. The van der Waals surface area contributed by atoms with Gasteiger partial charge in [-0.25, -0.2) is 9.97 Å². The minimum absolute atomic E-state index is 0.824. The van der Waals surface area contributed by atoms with E-state index in [9.17, 15) is 0 Å². The van der Waals surface area contributed by atoms with E-state index in [2.05, 4.69) is 191 Å². The first-order chi connectivity index (χ1) is 26.8. The highest BCUT2D eigenvalue weighted by Gasteiger charge is 2.24. The lowest BCUT2D eigenvalue weighted by atomic mass is 9.84. The highest BCUT2D eigenvalue weighted by Crippen LogP contribution is 2.48. The molecule has 0 unspecified atom stereocenters. The molecule has 3 aromatic heterocycles. The lowest BCUT2D eigenvalue weighted by molar-refractivity contribution is 0.982. The van der Waals surface area contributed by atoms with E-state index in [-0.39, 0.29) is 0 Å². The van der Waals surface area contributed by atoms with Gasteiger partial charge < -0.3 is 0 Å². The summed E-state index contributed by atoms with van der Waals surface area (Å²) in [6.07, 6.45) is 0. The van der Waals surface area contributed by atoms with E-state index in [0.717, 1.165) is 44.6 Å². The van der Waals surface area contributed by atoms with E-state index >= 15 is 0 Å². The third kappa shape index (κ3) is 3.97. The highest BCUT2D eigenvalue weighted by atomic mass is 15.2. The average Bonchev–Trinajstić information content (AvgIpc) is 3.80. The molecule has 3 heterocycles. The molecule has 0 spiro atoms. The molecule has 0 saturated heterocycles. The van der Waals surface area contributed by atoms with Crippen LogP contribution in [0.1, 0.15) is 0 Å². The Morgan fingerprint density at radius 3 is 1.57 bits per heavy atom. The molecule has 0 aliphatic carbocycles. The molecule has 250 valence electrons. The maximum atomic E-state index is 5.46. The van der Waals surface area contributed by atoms with Gasteiger partial charge in [-0.1, -0.05) is 146 Å². The van der Waals surface area contributed by atoms with Crippen molar-refractivity contribution in [3.8, 4) is 28.2 Å². The summed E-state index contributed by atoms with van der Waals surface area (Å²) in [6.45, 7) is 0. The van der Waals surface area contributed by atoms with Crippen molar-refractivity contribution in [2.24, 2.45) is 0 Å². The van der Waals surface area contributed by atoms with Crippen LogP contribution in [0.3, 0.4) is 0 Å². The molecule has 0 fully saturated rings. The fourth-order valence-electron chi connectivity index (χ4n) is 9.05. The van der Waals surface area contributed by atoms with Crippen LogP contribution in [-0.4, -0.2) is 18.9 Å². The maximum absolute atomic E-state index is 5.46. The zero-order valence-electron chi connectivity index (χ0n) is 29.1. The van der Waals surface area contributed by atoms with Crippen LogP contribution < -0.4 is 0 Å². The van der Waals surface area contributed by atoms with Crippen LogP contribution in [0, 0.1) is 0 Å². The number of nitrogens with zero attached hydrogens (tertiary/aromatic N) is 4. The van der Waals surface area contributed by atoms with E-state index in [4.69, 9.17) is 9.97 Å². The van der Waals surface area contributed by atoms with Crippen LogP contribution >= 0.6 is 0 Å². The van der Waals surface area contributed by atoms with Gasteiger partial charge in [-0.15, -0.1) is 0 Å². The highest BCUT2D eigenvalue weighted by molar-refractivity contribution is 6.28. The smallest absolute Gasteiger partial charge is 0.221 e. The number of hydrogen-bond donors (Lipinski definition) is 0. The molecule has 9 aromatic carbocycles. The van der Waals surface area contributed by atoms with Crippen LogP contribution in [0.4, 0.5) is 0 Å². The summed E-state index contributed by atoms with van der Waals surface area (Å²) in [5.74, 6) is 0.824. The second kappa shape index (κ2) is 11.1. The Kier molecular flexibility index (Phi) is 6.02. The number of aromatic nitrogens is 4. The van der Waals surface area contributed by atoms with E-state index in [1.807, 2.05) is 0 Å². The molecule has 0 N–H and O–H groups in total. The molecule has 0 aliphatic heterocycles. The van der Waals surface area contributed by atoms with Crippen molar-refractivity contribution in [3.05, 3.63) is 182 Å². The summed E-state index contributed by atoms with van der Waals surface area (Å²) in [5, 5.41) is 10.8. The number of hydrogen-bond acceptors (Lipinski definition) is 2. The molecule has 0 aliphatic rings. The second-order valence-corrected chi connectivity index (χ2v) is 14.1. The number of imidazole rings is 1. The van der Waals surface area contributed by atoms with Crippen molar-refractivity contribution in [2.75, 3.05) is 0 Å². The second-order valence-electron chi connectivity index (χ2n) is 14.1. The van der Waals surface area contributed by atoms with Gasteiger partial charge >= 0.3 is 0 Å². The van der Waals surface area contributed by atoms with E-state index in [1.54, 1.807) is 0 Å². The van der Waals surface area contributed by atoms with Crippen LogP contribution in [0.2, 0.25) is 0 Å². The summed E-state index contributed by atoms with van der Waals surface area (Å²) < 4.78 is 4.62. The van der Waals surface area contributed by atoms with Crippen LogP contribution in [0.15, 0.2) is 182 Å². The summed E-state index contributed by atoms with van der Waals surface area (Å²) in [4.78, 5) is 10.6. The molecule has 4 heteroatoms. The zero-order chi connectivity index (χ0) is 35.3. The Balaban J connectivity index is 1.27. The predicted molar refractivity (Wildman–Crippen MR) is 226 cm³/mol. The first kappa shape index (κ1) is 29.3. The van der Waals surface area contributed by atoms with Crippen molar-refractivity contribution >= 4 is 81.7 Å². The Labute approximate surface area is 309 Å². The predicted octanol–water partition coefficient (Wildman–Crippen LogP) is 12.9. The lowest BCUT2D eigenvalue weighted by Gasteiger charge is -2.19. The van der Waals surface area contributed by atoms with Crippen molar-refractivity contribution in [3.63, 3.8) is 0 Å². The molecular weight excluding hydrogens is 657 g/mol. The van der Waals surface area contributed by atoms with Crippen molar-refractivity contribution in [2.45, 2.75) is 0 Å². The fourth-order valence-corrected chi connectivity index (χ4v) is 9.05. The molecular formula is C50H30N4. The van der Waals surface area contributed by atoms with Gasteiger partial charge in [0.25, 0.3) is 0 Å². The molecule has 4 nitrogen and oxygen atoms in total. The summed E-state index contributed by atoms with van der Waals surface area (Å²) in [7, 11) is 0. The van der Waals surface area contributed by atoms with Gasteiger partial charge in [0, 0.05) is 21.5 Å². The van der Waals surface area contributed by atoms with Gasteiger partial charge in [-0.05, 0) is 85.6 Å². The SMILES string of the molecule is c1ccc(-c2c3ccccc3c(-c3cc4c5ccccc5n(-c5nc6ccccc6c6nc7ccccc7n56)c4c4ccccc34)c3ccccc23)cc1. The topological polar surface area (TPSA) is 35.1 Å². The van der Waals surface area contributed by atoms with Gasteiger partial charge in [-0.3, -0.25) is 8.97 Å². The van der Waals surface area contributed by atoms with Crippen molar-refractivity contribution in [1.82, 2.24) is 18.9 Å². The minimum Gasteiger partial charge on any atom is -0.278 e. The first-order valence-corrected chi connectivity index (χ1v) is 18.4. The van der Waals surface area contributed by atoms with Crippen LogP contribution in [-0.2, 0) is 0 Å². The first-order valence-electron chi connectivity index (χ1n) is 18.4. The quantitative estimate of drug-likeness (QED) is 0.173. The zero-order valence-corrected chi connectivity index (χ0v) is 29.1. The third-order valence-electron chi connectivity index (χ3n) is 11.3. The van der Waals surface area contributed by atoms with E-state index in [1.165, 1.54) is 65.3 Å². The molecule has 0 radical (unpaired) electrons. The Hall–Kier alpha value is -7.30. The average molecular weight is 687 g/mol. The number of fused-ring (bicyclic) bond motifs is 12. The third-order valence-corrected chi connectivity index (χ3v) is 11.3. The molecule has 12 rings (SSSR count). The Morgan fingerprint density at radius 2 is 0.870 bits per heavy atom. The summed E-state index contributed by atoms with van der Waals surface area (Å²) >= 11 is 0. The summed E-state index contributed by atoms with van der Waals surface area (Å²) in [5.41, 5.74) is 11.0. The van der Waals surface area contributed by atoms with Crippen LogP contribution in [0.25, 0.3) is 110 Å². The van der Waals surface area contributed by atoms with Gasteiger partial charge in [0.2, 0.25) is 5.95 Å². The lowest BCUT2D eigenvalue weighted by Crippen LogP contribution is -2.06. The standard InChI is InChI=1S/C50H30N4/c1-2-16-31(17-3-1)46-34-20-5-7-22-36(34)47(37-23-8-6-21-35(37)46)40-30-41-33-19-11-14-28-44(33)53(48(41)38-24-9-4-18-32(38)40)50-52-42-26-12-10-25-39(42)49-51-43-27-13-15-29-45(43)54(49)50/h1-30H. The van der Waals surface area contributed by atoms with Crippen molar-refractivity contribution in [1.29, 1.82) is 0 Å². The van der Waals surface area contributed by atoms with Crippen LogP contribution in [0.5, 0.6) is 0 Å². The molecule has 12 aromatic rings.